The number of Topliss-reactive ketones (excluding diaryl/α,β-unsaturated/α-hetero) is 2. The van der Waals surface area contributed by atoms with Gasteiger partial charge in [0.2, 0.25) is 11.6 Å². The average molecular weight is 248 g/mol. The first-order chi connectivity index (χ1) is 8.52. The summed E-state index contributed by atoms with van der Waals surface area (Å²) in [5, 5.41) is 10.2. The monoisotopic (exact) mass is 248 g/mol. The second-order valence-corrected chi connectivity index (χ2v) is 5.58. The lowest BCUT2D eigenvalue weighted by Gasteiger charge is -2.25. The number of ketones is 2. The first-order valence-electron chi connectivity index (χ1n) is 6.76. The van der Waals surface area contributed by atoms with E-state index >= 15 is 0 Å². The van der Waals surface area contributed by atoms with Gasteiger partial charge < -0.3 is 5.11 Å². The number of aliphatic hydroxyl groups excluding tert-OH is 1. The van der Waals surface area contributed by atoms with E-state index in [4.69, 9.17) is 0 Å². The largest absolute Gasteiger partial charge is 0.507 e. The molecule has 1 N–H and O–H groups in total. The van der Waals surface area contributed by atoms with Crippen LogP contribution in [0.15, 0.2) is 22.5 Å². The molecule has 18 heavy (non-hydrogen) atoms. The van der Waals surface area contributed by atoms with Gasteiger partial charge in [-0.3, -0.25) is 9.59 Å². The van der Waals surface area contributed by atoms with Gasteiger partial charge >= 0.3 is 0 Å². The fraction of sp³-hybridized carbons (Fsp3) is 0.600. The van der Waals surface area contributed by atoms with Gasteiger partial charge in [0.25, 0.3) is 0 Å². The van der Waals surface area contributed by atoms with Crippen LogP contribution in [0.2, 0.25) is 0 Å². The summed E-state index contributed by atoms with van der Waals surface area (Å²) < 4.78 is 0. The van der Waals surface area contributed by atoms with E-state index in [-0.39, 0.29) is 11.5 Å². The summed E-state index contributed by atoms with van der Waals surface area (Å²) in [6, 6.07) is 0. The molecule has 2 aliphatic rings. The van der Waals surface area contributed by atoms with Crippen LogP contribution < -0.4 is 0 Å². The third-order valence-electron chi connectivity index (χ3n) is 3.77. The van der Waals surface area contributed by atoms with E-state index in [0.29, 0.717) is 29.9 Å². The molecule has 0 aliphatic heterocycles. The molecule has 0 bridgehead atoms. The topological polar surface area (TPSA) is 54.4 Å². The Bertz CT molecular complexity index is 452. The second kappa shape index (κ2) is 5.09. The number of allylic oxidation sites excluding steroid dienone is 3. The van der Waals surface area contributed by atoms with Crippen LogP contribution in [0.3, 0.4) is 0 Å². The maximum absolute atomic E-state index is 12.0. The van der Waals surface area contributed by atoms with Gasteiger partial charge in [-0.15, -0.1) is 0 Å². The van der Waals surface area contributed by atoms with Crippen molar-refractivity contribution < 1.29 is 14.7 Å². The summed E-state index contributed by atoms with van der Waals surface area (Å²) in [5.74, 6) is -0.292. The van der Waals surface area contributed by atoms with Crippen molar-refractivity contribution in [2.75, 3.05) is 0 Å². The number of rotatable bonds is 3. The lowest BCUT2D eigenvalue weighted by Crippen LogP contribution is -2.28. The molecule has 0 fully saturated rings. The summed E-state index contributed by atoms with van der Waals surface area (Å²) in [6.07, 6.45) is 4.62. The van der Waals surface area contributed by atoms with Crippen LogP contribution in [-0.4, -0.2) is 16.7 Å². The highest BCUT2D eigenvalue weighted by Crippen LogP contribution is 2.36. The molecule has 0 saturated heterocycles. The Morgan fingerprint density at radius 2 is 1.67 bits per heavy atom. The Hall–Kier alpha value is -1.38. The minimum atomic E-state index is -0.478. The Kier molecular flexibility index (Phi) is 3.69. The van der Waals surface area contributed by atoms with Crippen LogP contribution >= 0.6 is 0 Å². The van der Waals surface area contributed by atoms with E-state index in [1.54, 1.807) is 0 Å². The Morgan fingerprint density at radius 1 is 1.06 bits per heavy atom. The Balaban J connectivity index is 2.34. The summed E-state index contributed by atoms with van der Waals surface area (Å²) in [4.78, 5) is 24.0. The third kappa shape index (κ3) is 2.26. The zero-order valence-corrected chi connectivity index (χ0v) is 11.1. The SMILES string of the molecule is CC(C)CCC1=C(O)C2=C(CCCC2)C(=O)C1=O. The van der Waals surface area contributed by atoms with Crippen molar-refractivity contribution in [1.29, 1.82) is 0 Å². The number of aliphatic hydroxyl groups is 1. The maximum Gasteiger partial charge on any atom is 0.232 e. The van der Waals surface area contributed by atoms with E-state index in [9.17, 15) is 14.7 Å². The Morgan fingerprint density at radius 3 is 2.28 bits per heavy atom. The van der Waals surface area contributed by atoms with Crippen LogP contribution in [0.25, 0.3) is 0 Å². The molecule has 0 amide bonds. The van der Waals surface area contributed by atoms with Crippen molar-refractivity contribution in [3.05, 3.63) is 22.5 Å². The van der Waals surface area contributed by atoms with Crippen molar-refractivity contribution in [2.45, 2.75) is 52.4 Å². The van der Waals surface area contributed by atoms with E-state index in [1.807, 2.05) is 0 Å². The molecule has 0 radical (unpaired) electrons. The predicted molar refractivity (Wildman–Crippen MR) is 69.2 cm³/mol. The molecule has 0 heterocycles. The highest BCUT2D eigenvalue weighted by atomic mass is 16.3. The van der Waals surface area contributed by atoms with Gasteiger partial charge in [-0.05, 0) is 44.4 Å². The normalized spacial score (nSPS) is 20.8. The molecule has 2 aliphatic carbocycles. The first-order valence-corrected chi connectivity index (χ1v) is 6.76. The fourth-order valence-corrected chi connectivity index (χ4v) is 2.65. The van der Waals surface area contributed by atoms with Crippen molar-refractivity contribution in [3.8, 4) is 0 Å². The van der Waals surface area contributed by atoms with Gasteiger partial charge in [0.15, 0.2) is 0 Å². The molecule has 0 aromatic rings. The Labute approximate surface area is 108 Å². The van der Waals surface area contributed by atoms with Gasteiger partial charge in [-0.1, -0.05) is 13.8 Å². The predicted octanol–water partition coefficient (Wildman–Crippen LogP) is 3.26. The number of carbonyl (C=O) groups is 2. The van der Waals surface area contributed by atoms with Gasteiger partial charge in [0, 0.05) is 16.7 Å². The molecule has 0 saturated carbocycles. The van der Waals surface area contributed by atoms with Crippen molar-refractivity contribution >= 4 is 11.6 Å². The third-order valence-corrected chi connectivity index (χ3v) is 3.77. The van der Waals surface area contributed by atoms with Crippen LogP contribution in [-0.2, 0) is 9.59 Å². The first kappa shape index (κ1) is 13.1. The summed E-state index contributed by atoms with van der Waals surface area (Å²) in [7, 11) is 0. The molecule has 2 rings (SSSR count). The summed E-state index contributed by atoms with van der Waals surface area (Å²) in [6.45, 7) is 4.13. The molecule has 0 spiro atoms. The van der Waals surface area contributed by atoms with Crippen molar-refractivity contribution in [3.63, 3.8) is 0 Å². The van der Waals surface area contributed by atoms with Crippen LogP contribution in [0.1, 0.15) is 52.4 Å². The maximum atomic E-state index is 12.0. The van der Waals surface area contributed by atoms with E-state index in [0.717, 1.165) is 31.3 Å². The van der Waals surface area contributed by atoms with Gasteiger partial charge in [0.05, 0.1) is 0 Å². The minimum Gasteiger partial charge on any atom is -0.507 e. The molecular weight excluding hydrogens is 228 g/mol. The summed E-state index contributed by atoms with van der Waals surface area (Å²) in [5.41, 5.74) is 1.65. The van der Waals surface area contributed by atoms with Gasteiger partial charge in [0.1, 0.15) is 5.76 Å². The van der Waals surface area contributed by atoms with E-state index in [1.165, 1.54) is 0 Å². The van der Waals surface area contributed by atoms with Crippen molar-refractivity contribution in [1.82, 2.24) is 0 Å². The van der Waals surface area contributed by atoms with Gasteiger partial charge in [-0.25, -0.2) is 0 Å². The highest BCUT2D eigenvalue weighted by Gasteiger charge is 2.35. The molecule has 0 aromatic carbocycles. The van der Waals surface area contributed by atoms with Crippen LogP contribution in [0.5, 0.6) is 0 Å². The number of hydrogen-bond donors (Lipinski definition) is 1. The fourth-order valence-electron chi connectivity index (χ4n) is 2.65. The lowest BCUT2D eigenvalue weighted by atomic mass is 9.79. The number of carbonyl (C=O) groups excluding carboxylic acids is 2. The van der Waals surface area contributed by atoms with E-state index < -0.39 is 5.78 Å². The molecule has 3 heteroatoms. The lowest BCUT2D eigenvalue weighted by molar-refractivity contribution is -0.132. The molecule has 0 unspecified atom stereocenters. The van der Waals surface area contributed by atoms with Crippen LogP contribution in [0, 0.1) is 5.92 Å². The number of hydrogen-bond acceptors (Lipinski definition) is 3. The van der Waals surface area contributed by atoms with Crippen molar-refractivity contribution in [2.24, 2.45) is 5.92 Å². The molecule has 98 valence electrons. The van der Waals surface area contributed by atoms with E-state index in [2.05, 4.69) is 13.8 Å². The minimum absolute atomic E-state index is 0.106. The standard InChI is InChI=1S/C15H20O3/c1-9(2)7-8-12-13(16)10-5-3-4-6-11(10)14(17)15(12)18/h9,16H,3-8H2,1-2H3. The molecule has 0 aromatic heterocycles. The smallest absolute Gasteiger partial charge is 0.232 e. The van der Waals surface area contributed by atoms with Crippen LogP contribution in [0.4, 0.5) is 0 Å². The molecular formula is C15H20O3. The molecule has 0 atom stereocenters. The van der Waals surface area contributed by atoms with Gasteiger partial charge in [-0.2, -0.15) is 0 Å². The zero-order chi connectivity index (χ0) is 13.3. The quantitative estimate of drug-likeness (QED) is 0.616. The highest BCUT2D eigenvalue weighted by molar-refractivity contribution is 6.50. The zero-order valence-electron chi connectivity index (χ0n) is 11.1. The second-order valence-electron chi connectivity index (χ2n) is 5.58. The average Bonchev–Trinajstić information content (AvgIpc) is 2.36. The molecule has 3 nitrogen and oxygen atoms in total. The summed E-state index contributed by atoms with van der Waals surface area (Å²) >= 11 is 0.